The van der Waals surface area contributed by atoms with Gasteiger partial charge >= 0.3 is 5.97 Å². The zero-order valence-corrected chi connectivity index (χ0v) is 14.5. The fourth-order valence-electron chi connectivity index (χ4n) is 2.32. The first-order chi connectivity index (χ1) is 12.0. The van der Waals surface area contributed by atoms with Crippen LogP contribution in [0.15, 0.2) is 35.7 Å². The molecule has 25 heavy (non-hydrogen) atoms. The Balaban J connectivity index is 1.95. The van der Waals surface area contributed by atoms with E-state index < -0.39 is 18.0 Å². The molecule has 1 atom stereocenters. The Morgan fingerprint density at radius 1 is 1.24 bits per heavy atom. The number of primary amides is 1. The van der Waals surface area contributed by atoms with Crippen LogP contribution >= 0.6 is 11.3 Å². The molecule has 3 rings (SSSR count). The molecule has 1 aromatic heterocycles. The minimum atomic E-state index is -1.05. The third-order valence-corrected chi connectivity index (χ3v) is 4.84. The number of carbonyl (C=O) groups is 3. The van der Waals surface area contributed by atoms with Gasteiger partial charge in [-0.2, -0.15) is 0 Å². The summed E-state index contributed by atoms with van der Waals surface area (Å²) in [5.74, 6) is -1.50. The Kier molecular flexibility index (Phi) is 4.85. The van der Waals surface area contributed by atoms with Crippen molar-refractivity contribution < 1.29 is 19.1 Å². The Morgan fingerprint density at radius 2 is 1.92 bits per heavy atom. The zero-order chi connectivity index (χ0) is 18.0. The molecule has 1 heterocycles. The van der Waals surface area contributed by atoms with Gasteiger partial charge < -0.3 is 15.8 Å². The van der Waals surface area contributed by atoms with E-state index in [9.17, 15) is 14.4 Å². The third-order valence-electron chi connectivity index (χ3n) is 3.95. The summed E-state index contributed by atoms with van der Waals surface area (Å²) < 4.78 is 5.16. The molecule has 7 heteroatoms. The zero-order valence-electron chi connectivity index (χ0n) is 13.7. The molecule has 0 bridgehead atoms. The topological polar surface area (TPSA) is 98.5 Å². The van der Waals surface area contributed by atoms with Gasteiger partial charge in [-0.25, -0.2) is 4.79 Å². The SMILES string of the molecule is C[C@H](OC(=O)c1c(-c2ccccc2)csc1NC(=O)C1CC1)C(N)=O. The predicted molar refractivity (Wildman–Crippen MR) is 95.2 cm³/mol. The van der Waals surface area contributed by atoms with Crippen molar-refractivity contribution in [3.05, 3.63) is 41.3 Å². The first-order valence-electron chi connectivity index (χ1n) is 7.95. The normalized spacial score (nSPS) is 14.6. The van der Waals surface area contributed by atoms with Gasteiger partial charge in [0.15, 0.2) is 6.10 Å². The Morgan fingerprint density at radius 3 is 2.52 bits per heavy atom. The number of amides is 2. The molecule has 0 radical (unpaired) electrons. The fraction of sp³-hybridized carbons (Fsp3) is 0.278. The summed E-state index contributed by atoms with van der Waals surface area (Å²) in [6.45, 7) is 1.41. The van der Waals surface area contributed by atoms with E-state index in [0.29, 0.717) is 10.6 Å². The van der Waals surface area contributed by atoms with E-state index in [-0.39, 0.29) is 17.4 Å². The molecule has 3 N–H and O–H groups in total. The number of nitrogens with one attached hydrogen (secondary N) is 1. The minimum Gasteiger partial charge on any atom is -0.449 e. The molecule has 1 aromatic carbocycles. The molecular weight excluding hydrogens is 340 g/mol. The lowest BCUT2D eigenvalue weighted by molar-refractivity contribution is -0.125. The number of hydrogen-bond donors (Lipinski definition) is 2. The maximum atomic E-state index is 12.6. The van der Waals surface area contributed by atoms with Gasteiger partial charge in [0.1, 0.15) is 10.6 Å². The van der Waals surface area contributed by atoms with Crippen LogP contribution in [0.4, 0.5) is 5.00 Å². The van der Waals surface area contributed by atoms with Crippen molar-refractivity contribution in [3.63, 3.8) is 0 Å². The standard InChI is InChI=1S/C18H18N2O4S/c1-10(15(19)21)24-18(23)14-13(11-5-3-2-4-6-11)9-25-17(14)20-16(22)12-7-8-12/h2-6,9-10,12H,7-8H2,1H3,(H2,19,21)(H,20,22)/t10-/m0/s1. The summed E-state index contributed by atoms with van der Waals surface area (Å²) in [7, 11) is 0. The largest absolute Gasteiger partial charge is 0.449 e. The van der Waals surface area contributed by atoms with Gasteiger partial charge in [0.25, 0.3) is 5.91 Å². The van der Waals surface area contributed by atoms with Crippen LogP contribution in [-0.4, -0.2) is 23.9 Å². The summed E-state index contributed by atoms with van der Waals surface area (Å²) in [6.07, 6.45) is 0.672. The summed E-state index contributed by atoms with van der Waals surface area (Å²) >= 11 is 1.26. The second kappa shape index (κ2) is 7.06. The van der Waals surface area contributed by atoms with Crippen LogP contribution in [0.3, 0.4) is 0 Å². The second-order valence-electron chi connectivity index (χ2n) is 5.93. The van der Waals surface area contributed by atoms with Crippen molar-refractivity contribution in [2.45, 2.75) is 25.9 Å². The number of esters is 1. The number of benzene rings is 1. The first kappa shape index (κ1) is 17.2. The molecule has 0 unspecified atom stereocenters. The molecule has 1 saturated carbocycles. The number of nitrogens with two attached hydrogens (primary N) is 1. The van der Waals surface area contributed by atoms with Gasteiger partial charge in [-0.05, 0) is 25.3 Å². The van der Waals surface area contributed by atoms with E-state index in [4.69, 9.17) is 10.5 Å². The van der Waals surface area contributed by atoms with Crippen LogP contribution in [0, 0.1) is 5.92 Å². The van der Waals surface area contributed by atoms with Crippen molar-refractivity contribution in [1.29, 1.82) is 0 Å². The summed E-state index contributed by atoms with van der Waals surface area (Å²) in [5, 5.41) is 5.03. The maximum Gasteiger partial charge on any atom is 0.342 e. The van der Waals surface area contributed by atoms with Crippen LogP contribution in [-0.2, 0) is 14.3 Å². The van der Waals surface area contributed by atoms with Gasteiger partial charge in [-0.1, -0.05) is 30.3 Å². The number of rotatable bonds is 6. The third kappa shape index (κ3) is 3.88. The van der Waals surface area contributed by atoms with Gasteiger partial charge in [0.05, 0.1) is 0 Å². The van der Waals surface area contributed by atoms with Crippen LogP contribution in [0.25, 0.3) is 11.1 Å². The Hall–Kier alpha value is -2.67. The molecule has 0 spiro atoms. The smallest absolute Gasteiger partial charge is 0.342 e. The van der Waals surface area contributed by atoms with Gasteiger partial charge in [-0.15, -0.1) is 11.3 Å². The fourth-order valence-corrected chi connectivity index (χ4v) is 3.28. The van der Waals surface area contributed by atoms with E-state index in [1.807, 2.05) is 30.3 Å². The highest BCUT2D eigenvalue weighted by atomic mass is 32.1. The highest BCUT2D eigenvalue weighted by molar-refractivity contribution is 7.15. The number of thiophene rings is 1. The monoisotopic (exact) mass is 358 g/mol. The van der Waals surface area contributed by atoms with E-state index in [2.05, 4.69) is 5.32 Å². The van der Waals surface area contributed by atoms with Gasteiger partial charge in [0.2, 0.25) is 5.91 Å². The highest BCUT2D eigenvalue weighted by Gasteiger charge is 2.32. The number of hydrogen-bond acceptors (Lipinski definition) is 5. The molecule has 0 saturated heterocycles. The minimum absolute atomic E-state index is 0.00990. The van der Waals surface area contributed by atoms with E-state index in [1.165, 1.54) is 18.3 Å². The summed E-state index contributed by atoms with van der Waals surface area (Å²) in [5.41, 5.74) is 6.89. The molecule has 2 aromatic rings. The molecular formula is C18H18N2O4S. The molecule has 0 aliphatic heterocycles. The van der Waals surface area contributed by atoms with E-state index >= 15 is 0 Å². The highest BCUT2D eigenvalue weighted by Crippen LogP contribution is 2.38. The van der Waals surface area contributed by atoms with Crippen molar-refractivity contribution >= 4 is 34.1 Å². The molecule has 6 nitrogen and oxygen atoms in total. The van der Waals surface area contributed by atoms with Crippen molar-refractivity contribution in [1.82, 2.24) is 0 Å². The summed E-state index contributed by atoms with van der Waals surface area (Å²) in [4.78, 5) is 35.9. The Labute approximate surface area is 149 Å². The molecule has 1 aliphatic rings. The average Bonchev–Trinajstić information content (AvgIpc) is 3.36. The second-order valence-corrected chi connectivity index (χ2v) is 6.81. The lowest BCUT2D eigenvalue weighted by atomic mass is 10.0. The average molecular weight is 358 g/mol. The summed E-state index contributed by atoms with van der Waals surface area (Å²) in [6, 6.07) is 9.32. The first-order valence-corrected chi connectivity index (χ1v) is 8.83. The van der Waals surface area contributed by atoms with Crippen LogP contribution < -0.4 is 11.1 Å². The maximum absolute atomic E-state index is 12.6. The molecule has 130 valence electrons. The lowest BCUT2D eigenvalue weighted by Crippen LogP contribution is -2.30. The lowest BCUT2D eigenvalue weighted by Gasteiger charge is -2.12. The van der Waals surface area contributed by atoms with Crippen molar-refractivity contribution in [2.24, 2.45) is 11.7 Å². The predicted octanol–water partition coefficient (Wildman–Crippen LogP) is 2.79. The van der Waals surface area contributed by atoms with Crippen LogP contribution in [0.5, 0.6) is 0 Å². The van der Waals surface area contributed by atoms with Gasteiger partial charge in [0, 0.05) is 16.9 Å². The van der Waals surface area contributed by atoms with Crippen molar-refractivity contribution in [2.75, 3.05) is 5.32 Å². The van der Waals surface area contributed by atoms with Crippen LogP contribution in [0.1, 0.15) is 30.1 Å². The molecule has 2 amide bonds. The number of anilines is 1. The Bertz CT molecular complexity index is 812. The van der Waals surface area contributed by atoms with Gasteiger partial charge in [-0.3, -0.25) is 9.59 Å². The van der Waals surface area contributed by atoms with Crippen LogP contribution in [0.2, 0.25) is 0 Å². The molecule has 1 aliphatic carbocycles. The number of ether oxygens (including phenoxy) is 1. The van der Waals surface area contributed by atoms with Crippen molar-refractivity contribution in [3.8, 4) is 11.1 Å². The molecule has 1 fully saturated rings. The van der Waals surface area contributed by atoms with E-state index in [0.717, 1.165) is 18.4 Å². The quantitative estimate of drug-likeness (QED) is 0.776. The number of carbonyl (C=O) groups excluding carboxylic acids is 3. The van der Waals surface area contributed by atoms with E-state index in [1.54, 1.807) is 5.38 Å².